The van der Waals surface area contributed by atoms with Crippen molar-refractivity contribution in [1.29, 1.82) is 0 Å². The zero-order chi connectivity index (χ0) is 20.1. The number of aliphatic hydroxyl groups is 1. The molecule has 6 atom stereocenters. The smallest absolute Gasteiger partial charge is 0.334 e. The lowest BCUT2D eigenvalue weighted by molar-refractivity contribution is -0.164. The van der Waals surface area contributed by atoms with E-state index in [0.717, 1.165) is 24.0 Å². The Morgan fingerprint density at radius 3 is 2.86 bits per heavy atom. The molecule has 0 aromatic carbocycles. The maximum absolute atomic E-state index is 12.5. The molecule has 0 bridgehead atoms. The van der Waals surface area contributed by atoms with Crippen molar-refractivity contribution in [3.05, 3.63) is 35.8 Å². The van der Waals surface area contributed by atoms with Gasteiger partial charge in [0.25, 0.3) is 0 Å². The second-order valence-corrected chi connectivity index (χ2v) is 8.90. The van der Waals surface area contributed by atoms with E-state index in [9.17, 15) is 14.7 Å². The normalized spacial score (nSPS) is 37.6. The largest absolute Gasteiger partial charge is 0.472 e. The monoisotopic (exact) mass is 388 g/mol. The quantitative estimate of drug-likeness (QED) is 0.776. The van der Waals surface area contributed by atoms with Crippen molar-refractivity contribution in [1.82, 2.24) is 0 Å². The first-order chi connectivity index (χ1) is 13.3. The molecule has 4 rings (SSSR count). The minimum atomic E-state index is -0.456. The fourth-order valence-corrected chi connectivity index (χ4v) is 6.12. The zero-order valence-corrected chi connectivity index (χ0v) is 16.6. The molecule has 0 amide bonds. The van der Waals surface area contributed by atoms with E-state index < -0.39 is 6.10 Å². The molecule has 3 aliphatic rings. The average Bonchev–Trinajstić information content (AvgIpc) is 3.25. The minimum Gasteiger partial charge on any atom is -0.472 e. The van der Waals surface area contributed by atoms with Crippen LogP contribution in [0, 0.1) is 22.7 Å². The van der Waals surface area contributed by atoms with E-state index in [2.05, 4.69) is 13.8 Å². The molecule has 152 valence electrons. The molecule has 1 saturated carbocycles. The second-order valence-electron chi connectivity index (χ2n) is 8.90. The van der Waals surface area contributed by atoms with Gasteiger partial charge in [-0.05, 0) is 49.0 Å². The second kappa shape index (κ2) is 6.76. The summed E-state index contributed by atoms with van der Waals surface area (Å²) >= 11 is 0. The maximum Gasteiger partial charge on any atom is 0.334 e. The maximum atomic E-state index is 12.5. The molecule has 6 heteroatoms. The van der Waals surface area contributed by atoms with Crippen molar-refractivity contribution >= 4 is 11.9 Å². The third-order valence-electron chi connectivity index (χ3n) is 7.54. The van der Waals surface area contributed by atoms with Gasteiger partial charge in [0.15, 0.2) is 0 Å². The van der Waals surface area contributed by atoms with Crippen LogP contribution >= 0.6 is 0 Å². The van der Waals surface area contributed by atoms with Crippen molar-refractivity contribution in [3.8, 4) is 0 Å². The number of allylic oxidation sites excluding steroid dienone is 1. The Bertz CT molecular complexity index is 796. The highest BCUT2D eigenvalue weighted by molar-refractivity contribution is 5.93. The molecule has 1 aromatic rings. The summed E-state index contributed by atoms with van der Waals surface area (Å²) in [6.07, 6.45) is 7.44. The first-order valence-electron chi connectivity index (χ1n) is 10.0. The number of hydrogen-bond acceptors (Lipinski definition) is 6. The number of aliphatic hydroxyl groups excluding tert-OH is 1. The van der Waals surface area contributed by atoms with Gasteiger partial charge >= 0.3 is 11.9 Å². The highest BCUT2D eigenvalue weighted by atomic mass is 16.6. The van der Waals surface area contributed by atoms with Crippen LogP contribution in [0.3, 0.4) is 0 Å². The number of carbonyl (C=O) groups is 2. The van der Waals surface area contributed by atoms with Gasteiger partial charge in [-0.3, -0.25) is 4.79 Å². The Kier molecular flexibility index (Phi) is 4.65. The number of hydrogen-bond donors (Lipinski definition) is 1. The van der Waals surface area contributed by atoms with E-state index >= 15 is 0 Å². The van der Waals surface area contributed by atoms with Crippen LogP contribution in [0.4, 0.5) is 0 Å². The highest BCUT2D eigenvalue weighted by Crippen LogP contribution is 2.65. The third kappa shape index (κ3) is 2.72. The number of rotatable bonds is 5. The van der Waals surface area contributed by atoms with Gasteiger partial charge in [-0.1, -0.05) is 19.9 Å². The van der Waals surface area contributed by atoms with Gasteiger partial charge in [0.1, 0.15) is 12.2 Å². The number of furan rings is 1. The lowest BCUT2D eigenvalue weighted by atomic mass is 9.46. The molecule has 6 nitrogen and oxygen atoms in total. The predicted molar refractivity (Wildman–Crippen MR) is 99.9 cm³/mol. The van der Waals surface area contributed by atoms with Crippen molar-refractivity contribution < 1.29 is 28.6 Å². The summed E-state index contributed by atoms with van der Waals surface area (Å²) in [7, 11) is 0. The third-order valence-corrected chi connectivity index (χ3v) is 7.54. The van der Waals surface area contributed by atoms with Crippen LogP contribution < -0.4 is 0 Å². The van der Waals surface area contributed by atoms with E-state index in [-0.39, 0.29) is 47.3 Å². The Balaban J connectivity index is 1.74. The summed E-state index contributed by atoms with van der Waals surface area (Å²) in [5, 5.41) is 10.2. The number of carbonyl (C=O) groups excluding carboxylic acids is 2. The molecule has 1 saturated heterocycles. The lowest BCUT2D eigenvalue weighted by Gasteiger charge is -2.58. The van der Waals surface area contributed by atoms with Crippen molar-refractivity contribution in [2.75, 3.05) is 6.61 Å². The molecule has 2 fully saturated rings. The summed E-state index contributed by atoms with van der Waals surface area (Å²) in [6, 6.07) is 1.81. The standard InChI is InChI=1S/C22H28O6/c1-13(24)27-17(14-7-8-26-12-14)10-21(2)15(11-23)9-19-22(3)16(20(25)28-19)5-4-6-18(21)22/h5,7-8,12,15,17-19,23H,4,6,9-11H2,1-3H3/t15-,17?,18+,19-,21+,22+/m0/s1. The Hall–Kier alpha value is -2.08. The molecule has 2 heterocycles. The fraction of sp³-hybridized carbons (Fsp3) is 0.636. The minimum absolute atomic E-state index is 0.00829. The SMILES string of the molecule is CC(=O)OC(C[C@]1(C)[C@H](CO)C[C@@H]2OC(=O)C3=CCC[C@H]1[C@@]32C)c1ccoc1. The van der Waals surface area contributed by atoms with Gasteiger partial charge in [0.05, 0.1) is 12.5 Å². The molecule has 0 radical (unpaired) electrons. The summed E-state index contributed by atoms with van der Waals surface area (Å²) in [6.45, 7) is 5.71. The first kappa shape index (κ1) is 19.2. The first-order valence-corrected chi connectivity index (χ1v) is 10.0. The van der Waals surface area contributed by atoms with Gasteiger partial charge in [-0.2, -0.15) is 0 Å². The molecule has 2 aliphatic carbocycles. The van der Waals surface area contributed by atoms with Crippen LogP contribution in [0.1, 0.15) is 58.1 Å². The van der Waals surface area contributed by atoms with E-state index in [4.69, 9.17) is 13.9 Å². The topological polar surface area (TPSA) is 86.0 Å². The average molecular weight is 388 g/mol. The Labute approximate surface area is 164 Å². The molecule has 1 N–H and O–H groups in total. The van der Waals surface area contributed by atoms with Gasteiger partial charge in [0.2, 0.25) is 0 Å². The van der Waals surface area contributed by atoms with Crippen molar-refractivity contribution in [3.63, 3.8) is 0 Å². The van der Waals surface area contributed by atoms with Crippen LogP contribution in [0.15, 0.2) is 34.7 Å². The van der Waals surface area contributed by atoms with Gasteiger partial charge < -0.3 is 19.0 Å². The molecular weight excluding hydrogens is 360 g/mol. The van der Waals surface area contributed by atoms with Crippen LogP contribution in [-0.4, -0.2) is 29.8 Å². The van der Waals surface area contributed by atoms with Crippen LogP contribution in [-0.2, 0) is 19.1 Å². The lowest BCUT2D eigenvalue weighted by Crippen LogP contribution is -2.56. The molecule has 1 aliphatic heterocycles. The molecule has 28 heavy (non-hydrogen) atoms. The van der Waals surface area contributed by atoms with Crippen LogP contribution in [0.5, 0.6) is 0 Å². The molecule has 1 aromatic heterocycles. The summed E-state index contributed by atoms with van der Waals surface area (Å²) in [5.74, 6) is -0.471. The highest BCUT2D eigenvalue weighted by Gasteiger charge is 2.65. The molecular formula is C22H28O6. The van der Waals surface area contributed by atoms with E-state index in [1.807, 2.05) is 12.1 Å². The fourth-order valence-electron chi connectivity index (χ4n) is 6.12. The van der Waals surface area contributed by atoms with Gasteiger partial charge in [0, 0.05) is 30.1 Å². The van der Waals surface area contributed by atoms with E-state index in [1.165, 1.54) is 6.92 Å². The number of ether oxygens (including phenoxy) is 2. The Morgan fingerprint density at radius 2 is 2.21 bits per heavy atom. The molecule has 1 unspecified atom stereocenters. The Morgan fingerprint density at radius 1 is 1.43 bits per heavy atom. The van der Waals surface area contributed by atoms with E-state index in [0.29, 0.717) is 12.8 Å². The van der Waals surface area contributed by atoms with Crippen LogP contribution in [0.2, 0.25) is 0 Å². The summed E-state index contributed by atoms with van der Waals surface area (Å²) in [4.78, 5) is 24.3. The zero-order valence-electron chi connectivity index (χ0n) is 16.6. The van der Waals surface area contributed by atoms with Crippen molar-refractivity contribution in [2.24, 2.45) is 22.7 Å². The summed E-state index contributed by atoms with van der Waals surface area (Å²) in [5.41, 5.74) is 0.895. The van der Waals surface area contributed by atoms with Crippen molar-refractivity contribution in [2.45, 2.75) is 58.7 Å². The van der Waals surface area contributed by atoms with Gasteiger partial charge in [-0.25, -0.2) is 4.79 Å². The predicted octanol–water partition coefficient (Wildman–Crippen LogP) is 3.56. The summed E-state index contributed by atoms with van der Waals surface area (Å²) < 4.78 is 16.6. The molecule has 0 spiro atoms. The van der Waals surface area contributed by atoms with Crippen LogP contribution in [0.25, 0.3) is 0 Å². The number of esters is 2. The van der Waals surface area contributed by atoms with Gasteiger partial charge in [-0.15, -0.1) is 0 Å². The van der Waals surface area contributed by atoms with E-state index in [1.54, 1.807) is 12.5 Å².